The van der Waals surface area contributed by atoms with Gasteiger partial charge in [0.25, 0.3) is 0 Å². The lowest BCUT2D eigenvalue weighted by molar-refractivity contribution is 0.0846. The van der Waals surface area contributed by atoms with Gasteiger partial charge >= 0.3 is 0 Å². The fraction of sp³-hybridized carbons (Fsp3) is 0.222. The van der Waals surface area contributed by atoms with Gasteiger partial charge < -0.3 is 9.47 Å². The summed E-state index contributed by atoms with van der Waals surface area (Å²) in [6, 6.07) is 19.8. The summed E-state index contributed by atoms with van der Waals surface area (Å²) in [5, 5.41) is 1.76. The van der Waals surface area contributed by atoms with E-state index < -0.39 is 11.6 Å². The Hall–Kier alpha value is -3.31. The molecule has 0 radical (unpaired) electrons. The van der Waals surface area contributed by atoms with Crippen molar-refractivity contribution in [2.45, 2.75) is 25.4 Å². The van der Waals surface area contributed by atoms with Crippen molar-refractivity contribution in [1.82, 2.24) is 4.98 Å². The first-order valence-electron chi connectivity index (χ1n) is 10.8. The van der Waals surface area contributed by atoms with Crippen LogP contribution in [-0.4, -0.2) is 18.2 Å². The molecule has 0 atom stereocenters. The predicted octanol–water partition coefficient (Wildman–Crippen LogP) is 6.65. The number of hydrogen-bond acceptors (Lipinski definition) is 3. The molecule has 1 aliphatic rings. The number of halogens is 2. The second-order valence-corrected chi connectivity index (χ2v) is 8.03. The Morgan fingerprint density at radius 2 is 1.69 bits per heavy atom. The van der Waals surface area contributed by atoms with Crippen molar-refractivity contribution < 1.29 is 18.3 Å². The molecule has 0 saturated carbocycles. The fourth-order valence-corrected chi connectivity index (χ4v) is 4.33. The highest BCUT2D eigenvalue weighted by molar-refractivity contribution is 6.00. The number of pyridine rings is 1. The van der Waals surface area contributed by atoms with Crippen molar-refractivity contribution in [3.8, 4) is 16.9 Å². The Bertz CT molecular complexity index is 1240. The van der Waals surface area contributed by atoms with Crippen LogP contribution in [0.2, 0.25) is 0 Å². The third-order valence-electron chi connectivity index (χ3n) is 5.98. The topological polar surface area (TPSA) is 31.4 Å². The van der Waals surface area contributed by atoms with Crippen LogP contribution in [0, 0.1) is 11.6 Å². The lowest BCUT2D eigenvalue weighted by Gasteiger charge is -2.25. The summed E-state index contributed by atoms with van der Waals surface area (Å²) in [6.07, 6.45) is 3.53. The van der Waals surface area contributed by atoms with Gasteiger partial charge in [-0.25, -0.2) is 8.78 Å². The molecule has 0 N–H and O–H groups in total. The first-order chi connectivity index (χ1) is 15.7. The molecule has 5 rings (SSSR count). The van der Waals surface area contributed by atoms with Gasteiger partial charge in [-0.2, -0.15) is 0 Å². The van der Waals surface area contributed by atoms with Crippen LogP contribution in [0.3, 0.4) is 0 Å². The molecule has 3 aromatic carbocycles. The van der Waals surface area contributed by atoms with Crippen LogP contribution in [0.15, 0.2) is 72.9 Å². The van der Waals surface area contributed by atoms with E-state index in [0.717, 1.165) is 40.4 Å². The second-order valence-electron chi connectivity index (χ2n) is 8.03. The minimum atomic E-state index is -0.867. The van der Waals surface area contributed by atoms with Gasteiger partial charge in [0.1, 0.15) is 12.4 Å². The van der Waals surface area contributed by atoms with Crippen molar-refractivity contribution in [2.24, 2.45) is 0 Å². The Balaban J connectivity index is 1.63. The molecule has 1 aliphatic heterocycles. The maximum atomic E-state index is 14.2. The summed E-state index contributed by atoms with van der Waals surface area (Å²) in [7, 11) is 0. The van der Waals surface area contributed by atoms with Crippen LogP contribution < -0.4 is 4.74 Å². The molecule has 32 heavy (non-hydrogen) atoms. The summed E-state index contributed by atoms with van der Waals surface area (Å²) in [6.45, 7) is 1.77. The smallest absolute Gasteiger partial charge is 0.159 e. The molecule has 5 heteroatoms. The van der Waals surface area contributed by atoms with Crippen molar-refractivity contribution in [1.29, 1.82) is 0 Å². The SMILES string of the molecule is Fc1ccc(-c2c(C3CCOCC3)ncc3c(OCc4ccccc4)cccc23)cc1F. The van der Waals surface area contributed by atoms with Crippen LogP contribution in [0.5, 0.6) is 5.75 Å². The zero-order valence-corrected chi connectivity index (χ0v) is 17.6. The van der Waals surface area contributed by atoms with Crippen molar-refractivity contribution in [3.63, 3.8) is 0 Å². The molecule has 0 amide bonds. The molecular weight excluding hydrogens is 408 g/mol. The summed E-state index contributed by atoms with van der Waals surface area (Å²) < 4.78 is 39.5. The Kier molecular flexibility index (Phi) is 5.82. The summed E-state index contributed by atoms with van der Waals surface area (Å²) in [4.78, 5) is 4.82. The van der Waals surface area contributed by atoms with E-state index in [2.05, 4.69) is 0 Å². The van der Waals surface area contributed by atoms with Gasteiger partial charge in [0, 0.05) is 36.3 Å². The van der Waals surface area contributed by atoms with Crippen molar-refractivity contribution in [3.05, 3.63) is 95.8 Å². The van der Waals surface area contributed by atoms with Gasteiger partial charge in [-0.1, -0.05) is 48.5 Å². The molecule has 2 heterocycles. The average Bonchev–Trinajstić information content (AvgIpc) is 2.85. The highest BCUT2D eigenvalue weighted by Crippen LogP contribution is 2.40. The zero-order chi connectivity index (χ0) is 21.9. The highest BCUT2D eigenvalue weighted by Gasteiger charge is 2.24. The third kappa shape index (κ3) is 4.08. The molecule has 0 spiro atoms. The van der Waals surface area contributed by atoms with Gasteiger partial charge in [-0.15, -0.1) is 0 Å². The minimum absolute atomic E-state index is 0.199. The number of aromatic nitrogens is 1. The molecule has 0 bridgehead atoms. The van der Waals surface area contributed by atoms with E-state index in [9.17, 15) is 8.78 Å². The fourth-order valence-electron chi connectivity index (χ4n) is 4.33. The molecule has 1 aromatic heterocycles. The third-order valence-corrected chi connectivity index (χ3v) is 5.98. The number of nitrogens with zero attached hydrogens (tertiary/aromatic N) is 1. The first-order valence-corrected chi connectivity index (χ1v) is 10.8. The number of ether oxygens (including phenoxy) is 2. The van der Waals surface area contributed by atoms with Gasteiger partial charge in [-0.3, -0.25) is 4.98 Å². The molecule has 0 aliphatic carbocycles. The van der Waals surface area contributed by atoms with E-state index in [0.29, 0.717) is 31.1 Å². The summed E-state index contributed by atoms with van der Waals surface area (Å²) in [5.41, 5.74) is 3.41. The molecule has 162 valence electrons. The zero-order valence-electron chi connectivity index (χ0n) is 17.6. The van der Waals surface area contributed by atoms with E-state index in [1.807, 2.05) is 54.7 Å². The van der Waals surface area contributed by atoms with E-state index >= 15 is 0 Å². The lowest BCUT2D eigenvalue weighted by atomic mass is 9.87. The standard InChI is InChI=1S/C27H23F2NO2/c28-23-10-9-20(15-24(23)29)26-21-7-4-8-25(32-17-18-5-2-1-3-6-18)22(21)16-30-27(26)19-11-13-31-14-12-19/h1-10,15-16,19H,11-14,17H2. The molecular formula is C27H23F2NO2. The van der Waals surface area contributed by atoms with Gasteiger partial charge in [0.2, 0.25) is 0 Å². The average molecular weight is 431 g/mol. The molecule has 0 unspecified atom stereocenters. The van der Waals surface area contributed by atoms with Crippen LogP contribution in [0.1, 0.15) is 30.0 Å². The Labute approximate surface area is 185 Å². The molecule has 4 aromatic rings. The monoisotopic (exact) mass is 431 g/mol. The first kappa shape index (κ1) is 20.6. The van der Waals surface area contributed by atoms with Crippen LogP contribution >= 0.6 is 0 Å². The quantitative estimate of drug-likeness (QED) is 0.354. The van der Waals surface area contributed by atoms with Crippen molar-refractivity contribution >= 4 is 10.8 Å². The predicted molar refractivity (Wildman–Crippen MR) is 121 cm³/mol. The number of benzene rings is 3. The van der Waals surface area contributed by atoms with Crippen LogP contribution in [0.4, 0.5) is 8.78 Å². The summed E-state index contributed by atoms with van der Waals surface area (Å²) >= 11 is 0. The van der Waals surface area contributed by atoms with E-state index in [-0.39, 0.29) is 5.92 Å². The Morgan fingerprint density at radius 3 is 2.47 bits per heavy atom. The molecule has 3 nitrogen and oxygen atoms in total. The second kappa shape index (κ2) is 9.05. The van der Waals surface area contributed by atoms with Crippen LogP contribution in [0.25, 0.3) is 21.9 Å². The molecule has 1 saturated heterocycles. The normalized spacial score (nSPS) is 14.6. The van der Waals surface area contributed by atoms with Crippen molar-refractivity contribution in [2.75, 3.05) is 13.2 Å². The Morgan fingerprint density at radius 1 is 0.875 bits per heavy atom. The largest absolute Gasteiger partial charge is 0.488 e. The lowest BCUT2D eigenvalue weighted by Crippen LogP contribution is -2.16. The summed E-state index contributed by atoms with van der Waals surface area (Å²) in [5.74, 6) is -0.818. The highest BCUT2D eigenvalue weighted by atomic mass is 19.2. The maximum absolute atomic E-state index is 14.2. The maximum Gasteiger partial charge on any atom is 0.159 e. The minimum Gasteiger partial charge on any atom is -0.488 e. The van der Waals surface area contributed by atoms with E-state index in [4.69, 9.17) is 14.5 Å². The number of rotatable bonds is 5. The van der Waals surface area contributed by atoms with Gasteiger partial charge in [-0.05, 0) is 47.6 Å². The van der Waals surface area contributed by atoms with Crippen LogP contribution in [-0.2, 0) is 11.3 Å². The van der Waals surface area contributed by atoms with E-state index in [1.54, 1.807) is 6.07 Å². The van der Waals surface area contributed by atoms with E-state index in [1.165, 1.54) is 12.1 Å². The van der Waals surface area contributed by atoms with Gasteiger partial charge in [0.05, 0.1) is 5.69 Å². The van der Waals surface area contributed by atoms with Gasteiger partial charge in [0.15, 0.2) is 11.6 Å². The number of hydrogen-bond donors (Lipinski definition) is 0. The number of fused-ring (bicyclic) bond motifs is 1. The molecule has 1 fully saturated rings.